The maximum absolute atomic E-state index is 12.3. The molecule has 138 valence electrons. The van der Waals surface area contributed by atoms with Gasteiger partial charge in [0.25, 0.3) is 5.56 Å². The summed E-state index contributed by atoms with van der Waals surface area (Å²) in [5.41, 5.74) is -0.167. The number of nitrogens with zero attached hydrogens (tertiary/aromatic N) is 2. The fourth-order valence-electron chi connectivity index (χ4n) is 2.70. The molecule has 0 atom stereocenters. The van der Waals surface area contributed by atoms with Crippen LogP contribution in [0.3, 0.4) is 0 Å². The van der Waals surface area contributed by atoms with Crippen LogP contribution >= 0.6 is 11.8 Å². The second-order valence-corrected chi connectivity index (χ2v) is 7.28. The summed E-state index contributed by atoms with van der Waals surface area (Å²) in [6, 6.07) is 7.60. The number of rotatable bonds is 8. The summed E-state index contributed by atoms with van der Waals surface area (Å²) in [6.45, 7) is 0.626. The molecule has 1 aliphatic rings. The molecule has 0 unspecified atom stereocenters. The van der Waals surface area contributed by atoms with Crippen LogP contribution in [0.5, 0.6) is 0 Å². The van der Waals surface area contributed by atoms with Crippen LogP contribution in [0.2, 0.25) is 0 Å². The predicted molar refractivity (Wildman–Crippen MR) is 102 cm³/mol. The summed E-state index contributed by atoms with van der Waals surface area (Å²) in [5, 5.41) is 11.2. The number of hydrogen-bond donors (Lipinski definition) is 2. The molecule has 0 spiro atoms. The summed E-state index contributed by atoms with van der Waals surface area (Å²) in [6.07, 6.45) is 4.93. The van der Waals surface area contributed by atoms with E-state index in [1.807, 2.05) is 18.2 Å². The van der Waals surface area contributed by atoms with Crippen molar-refractivity contribution < 1.29 is 9.59 Å². The molecule has 0 bridgehead atoms. The zero-order valence-corrected chi connectivity index (χ0v) is 15.3. The smallest absolute Gasteiger partial charge is 0.274 e. The van der Waals surface area contributed by atoms with Gasteiger partial charge in [-0.25, -0.2) is 4.68 Å². The Morgan fingerprint density at radius 2 is 1.96 bits per heavy atom. The lowest BCUT2D eigenvalue weighted by Crippen LogP contribution is -2.40. The van der Waals surface area contributed by atoms with Gasteiger partial charge in [-0.05, 0) is 25.3 Å². The molecule has 1 aromatic carbocycles. The molecule has 0 radical (unpaired) electrons. The van der Waals surface area contributed by atoms with Gasteiger partial charge in [-0.1, -0.05) is 18.2 Å². The molecule has 26 heavy (non-hydrogen) atoms. The number of hydrogen-bond acceptors (Lipinski definition) is 5. The summed E-state index contributed by atoms with van der Waals surface area (Å²) < 4.78 is 1.35. The lowest BCUT2D eigenvalue weighted by atomic mass is 9.93. The van der Waals surface area contributed by atoms with Crippen LogP contribution in [-0.4, -0.2) is 45.7 Å². The molecule has 1 aliphatic carbocycles. The summed E-state index contributed by atoms with van der Waals surface area (Å²) in [5.74, 6) is 0.341. The Balaban J connectivity index is 1.37. The van der Waals surface area contributed by atoms with Crippen LogP contribution in [0.15, 0.2) is 35.3 Å². The fourth-order valence-corrected chi connectivity index (χ4v) is 3.36. The van der Waals surface area contributed by atoms with Crippen molar-refractivity contribution in [2.45, 2.75) is 31.8 Å². The molecule has 2 amide bonds. The minimum absolute atomic E-state index is 0.0144. The Hall–Kier alpha value is -2.35. The third kappa shape index (κ3) is 4.85. The maximum Gasteiger partial charge on any atom is 0.274 e. The van der Waals surface area contributed by atoms with E-state index in [9.17, 15) is 14.4 Å². The van der Waals surface area contributed by atoms with Crippen molar-refractivity contribution in [1.82, 2.24) is 20.4 Å². The summed E-state index contributed by atoms with van der Waals surface area (Å²) >= 11 is 1.29. The van der Waals surface area contributed by atoms with Crippen LogP contribution in [0.25, 0.3) is 10.8 Å². The quantitative estimate of drug-likeness (QED) is 0.717. The highest BCUT2D eigenvalue weighted by atomic mass is 32.2. The third-order valence-corrected chi connectivity index (χ3v) is 5.28. The predicted octanol–water partition coefficient (Wildman–Crippen LogP) is 0.915. The van der Waals surface area contributed by atoms with Gasteiger partial charge in [-0.15, -0.1) is 11.8 Å². The molecule has 0 saturated heterocycles. The highest BCUT2D eigenvalue weighted by molar-refractivity contribution is 8.00. The van der Waals surface area contributed by atoms with Crippen LogP contribution in [0.1, 0.15) is 19.3 Å². The zero-order chi connectivity index (χ0) is 18.4. The monoisotopic (exact) mass is 374 g/mol. The average Bonchev–Trinajstić information content (AvgIpc) is 2.60. The molecule has 1 heterocycles. The highest BCUT2D eigenvalue weighted by Gasteiger charge is 2.19. The van der Waals surface area contributed by atoms with E-state index in [-0.39, 0.29) is 28.9 Å². The van der Waals surface area contributed by atoms with Crippen molar-refractivity contribution in [1.29, 1.82) is 0 Å². The lowest BCUT2D eigenvalue weighted by Gasteiger charge is -2.26. The van der Waals surface area contributed by atoms with Crippen molar-refractivity contribution in [3.63, 3.8) is 0 Å². The Kier molecular flexibility index (Phi) is 6.27. The number of fused-ring (bicyclic) bond motifs is 1. The molecular formula is C18H22N4O3S. The number of aromatic nitrogens is 2. The van der Waals surface area contributed by atoms with Gasteiger partial charge in [0.15, 0.2) is 0 Å². The lowest BCUT2D eigenvalue weighted by molar-refractivity contribution is -0.119. The standard InChI is InChI=1S/C18H22N4O3S/c23-16(11-26-12-17(24)21-14-5-3-6-14)19-8-9-22-18(25)15-7-2-1-4-13(15)10-20-22/h1-2,4,7,10,14H,3,5-6,8-9,11-12H2,(H,19,23)(H,21,24). The van der Waals surface area contributed by atoms with Gasteiger partial charge in [-0.2, -0.15) is 5.10 Å². The van der Waals surface area contributed by atoms with Gasteiger partial charge in [0.05, 0.1) is 29.6 Å². The molecule has 1 aromatic heterocycles. The third-order valence-electron chi connectivity index (χ3n) is 4.34. The highest BCUT2D eigenvalue weighted by Crippen LogP contribution is 2.18. The Bertz CT molecular complexity index is 848. The number of carbonyl (C=O) groups is 2. The Morgan fingerprint density at radius 1 is 1.19 bits per heavy atom. The van der Waals surface area contributed by atoms with E-state index in [0.717, 1.165) is 18.2 Å². The average molecular weight is 374 g/mol. The van der Waals surface area contributed by atoms with Gasteiger partial charge in [0.2, 0.25) is 11.8 Å². The molecular weight excluding hydrogens is 352 g/mol. The number of thioether (sulfide) groups is 1. The SMILES string of the molecule is O=C(CSCC(=O)NC1CCC1)NCCn1ncc2ccccc2c1=O. The first-order valence-corrected chi connectivity index (χ1v) is 9.87. The first-order valence-electron chi connectivity index (χ1n) is 8.72. The van der Waals surface area contributed by atoms with Gasteiger partial charge in [0, 0.05) is 18.0 Å². The van der Waals surface area contributed by atoms with Crippen molar-refractivity contribution in [3.05, 3.63) is 40.8 Å². The molecule has 0 aliphatic heterocycles. The van der Waals surface area contributed by atoms with E-state index in [0.29, 0.717) is 24.5 Å². The molecule has 2 aromatic rings. The van der Waals surface area contributed by atoms with E-state index >= 15 is 0 Å². The Morgan fingerprint density at radius 3 is 2.73 bits per heavy atom. The maximum atomic E-state index is 12.3. The zero-order valence-electron chi connectivity index (χ0n) is 14.4. The van der Waals surface area contributed by atoms with Crippen LogP contribution < -0.4 is 16.2 Å². The van der Waals surface area contributed by atoms with Crippen molar-refractivity contribution in [3.8, 4) is 0 Å². The molecule has 2 N–H and O–H groups in total. The van der Waals surface area contributed by atoms with Gasteiger partial charge in [0.1, 0.15) is 0 Å². The van der Waals surface area contributed by atoms with Crippen molar-refractivity contribution in [2.75, 3.05) is 18.1 Å². The van der Waals surface area contributed by atoms with Crippen molar-refractivity contribution in [2.24, 2.45) is 0 Å². The number of amides is 2. The number of carbonyl (C=O) groups excluding carboxylic acids is 2. The number of benzene rings is 1. The topological polar surface area (TPSA) is 93.1 Å². The van der Waals surface area contributed by atoms with E-state index in [2.05, 4.69) is 15.7 Å². The molecule has 1 fully saturated rings. The largest absolute Gasteiger partial charge is 0.354 e. The minimum atomic E-state index is -0.167. The van der Waals surface area contributed by atoms with E-state index in [4.69, 9.17) is 0 Å². The summed E-state index contributed by atoms with van der Waals surface area (Å²) in [4.78, 5) is 35.8. The normalized spacial score (nSPS) is 14.0. The van der Waals surface area contributed by atoms with E-state index < -0.39 is 0 Å². The second-order valence-electron chi connectivity index (χ2n) is 6.30. The fraction of sp³-hybridized carbons (Fsp3) is 0.444. The van der Waals surface area contributed by atoms with E-state index in [1.54, 1.807) is 12.3 Å². The Labute approximate surface area is 155 Å². The van der Waals surface area contributed by atoms with Crippen LogP contribution in [-0.2, 0) is 16.1 Å². The molecule has 3 rings (SSSR count). The minimum Gasteiger partial charge on any atom is -0.354 e. The first kappa shape index (κ1) is 18.4. The molecule has 1 saturated carbocycles. The number of nitrogens with one attached hydrogen (secondary N) is 2. The van der Waals surface area contributed by atoms with E-state index in [1.165, 1.54) is 22.9 Å². The van der Waals surface area contributed by atoms with Crippen LogP contribution in [0.4, 0.5) is 0 Å². The van der Waals surface area contributed by atoms with Gasteiger partial charge < -0.3 is 10.6 Å². The van der Waals surface area contributed by atoms with Gasteiger partial charge in [-0.3, -0.25) is 14.4 Å². The molecule has 8 heteroatoms. The van der Waals surface area contributed by atoms with Gasteiger partial charge >= 0.3 is 0 Å². The van der Waals surface area contributed by atoms with Crippen molar-refractivity contribution >= 4 is 34.3 Å². The molecule has 7 nitrogen and oxygen atoms in total. The second kappa shape index (κ2) is 8.84. The first-order chi connectivity index (χ1) is 12.6. The van der Waals surface area contributed by atoms with Crippen LogP contribution in [0, 0.1) is 0 Å². The summed E-state index contributed by atoms with van der Waals surface area (Å²) in [7, 11) is 0.